The zero-order valence-corrected chi connectivity index (χ0v) is 14.8. The van der Waals surface area contributed by atoms with Crippen molar-refractivity contribution in [2.75, 3.05) is 0 Å². The van der Waals surface area contributed by atoms with Crippen LogP contribution in [0.25, 0.3) is 5.82 Å². The summed E-state index contributed by atoms with van der Waals surface area (Å²) in [7, 11) is 0. The number of thioether (sulfide) groups is 1. The normalized spacial score (nSPS) is 11.9. The molecule has 0 aliphatic rings. The SMILES string of the molecule is CC(SCc1ccccc1)C(=O)NCc1ccc(-n2cccn2)nc1. The number of hydrogen-bond acceptors (Lipinski definition) is 4. The minimum absolute atomic E-state index is 0.0390. The van der Waals surface area contributed by atoms with Crippen molar-refractivity contribution in [3.05, 3.63) is 78.2 Å². The zero-order chi connectivity index (χ0) is 17.5. The Balaban J connectivity index is 1.46. The molecule has 128 valence electrons. The molecular weight excluding hydrogens is 332 g/mol. The van der Waals surface area contributed by atoms with Crippen LogP contribution in [0.3, 0.4) is 0 Å². The second-order valence-corrected chi connectivity index (χ2v) is 6.96. The third-order valence-corrected chi connectivity index (χ3v) is 4.94. The molecule has 25 heavy (non-hydrogen) atoms. The Morgan fingerprint density at radius 1 is 1.16 bits per heavy atom. The monoisotopic (exact) mass is 352 g/mol. The molecule has 1 unspecified atom stereocenters. The Bertz CT molecular complexity index is 788. The molecule has 2 aromatic heterocycles. The van der Waals surface area contributed by atoms with Crippen molar-refractivity contribution in [1.82, 2.24) is 20.1 Å². The first-order valence-electron chi connectivity index (χ1n) is 8.10. The minimum atomic E-state index is -0.100. The topological polar surface area (TPSA) is 59.8 Å². The smallest absolute Gasteiger partial charge is 0.233 e. The summed E-state index contributed by atoms with van der Waals surface area (Å²) in [5.41, 5.74) is 2.19. The summed E-state index contributed by atoms with van der Waals surface area (Å²) >= 11 is 1.63. The second-order valence-electron chi connectivity index (χ2n) is 5.63. The maximum atomic E-state index is 12.2. The molecule has 5 nitrogen and oxygen atoms in total. The van der Waals surface area contributed by atoms with Gasteiger partial charge in [0, 0.05) is 30.9 Å². The molecule has 0 bridgehead atoms. The van der Waals surface area contributed by atoms with E-state index in [-0.39, 0.29) is 11.2 Å². The molecule has 0 saturated carbocycles. The number of benzene rings is 1. The average Bonchev–Trinajstić information content (AvgIpc) is 3.20. The molecule has 0 aliphatic heterocycles. The third kappa shape index (κ3) is 4.93. The number of nitrogens with one attached hydrogen (secondary N) is 1. The Kier molecular flexibility index (Phi) is 5.85. The largest absolute Gasteiger partial charge is 0.351 e. The van der Waals surface area contributed by atoms with Gasteiger partial charge in [-0.3, -0.25) is 4.79 Å². The number of nitrogens with zero attached hydrogens (tertiary/aromatic N) is 3. The van der Waals surface area contributed by atoms with E-state index in [1.807, 2.05) is 49.5 Å². The van der Waals surface area contributed by atoms with Crippen molar-refractivity contribution in [1.29, 1.82) is 0 Å². The number of aromatic nitrogens is 3. The van der Waals surface area contributed by atoms with Gasteiger partial charge in [0.2, 0.25) is 5.91 Å². The predicted octanol–water partition coefficient (Wildman–Crippen LogP) is 3.21. The molecule has 2 heterocycles. The van der Waals surface area contributed by atoms with Crippen LogP contribution in [0.15, 0.2) is 67.1 Å². The van der Waals surface area contributed by atoms with Crippen LogP contribution in [0.4, 0.5) is 0 Å². The van der Waals surface area contributed by atoms with Gasteiger partial charge in [-0.15, -0.1) is 11.8 Å². The van der Waals surface area contributed by atoms with E-state index in [2.05, 4.69) is 27.5 Å². The van der Waals surface area contributed by atoms with Crippen molar-refractivity contribution < 1.29 is 4.79 Å². The number of pyridine rings is 1. The van der Waals surface area contributed by atoms with Crippen LogP contribution < -0.4 is 5.32 Å². The summed E-state index contributed by atoms with van der Waals surface area (Å²) in [6.07, 6.45) is 5.32. The summed E-state index contributed by atoms with van der Waals surface area (Å²) < 4.78 is 1.70. The molecule has 3 rings (SSSR count). The minimum Gasteiger partial charge on any atom is -0.351 e. The van der Waals surface area contributed by atoms with Crippen LogP contribution in [-0.2, 0) is 17.1 Å². The molecule has 3 aromatic rings. The first kappa shape index (κ1) is 17.2. The molecule has 0 radical (unpaired) electrons. The van der Waals surface area contributed by atoms with E-state index in [4.69, 9.17) is 0 Å². The van der Waals surface area contributed by atoms with E-state index in [0.29, 0.717) is 6.54 Å². The van der Waals surface area contributed by atoms with E-state index in [9.17, 15) is 4.79 Å². The molecule has 1 amide bonds. The molecule has 0 spiro atoms. The highest BCUT2D eigenvalue weighted by Crippen LogP contribution is 2.17. The van der Waals surface area contributed by atoms with Crippen molar-refractivity contribution >= 4 is 17.7 Å². The Labute approximate surface area is 151 Å². The van der Waals surface area contributed by atoms with Crippen LogP contribution >= 0.6 is 11.8 Å². The summed E-state index contributed by atoms with van der Waals surface area (Å²) in [5, 5.41) is 7.01. The average molecular weight is 352 g/mol. The highest BCUT2D eigenvalue weighted by atomic mass is 32.2. The van der Waals surface area contributed by atoms with Gasteiger partial charge in [0.15, 0.2) is 5.82 Å². The molecule has 1 aromatic carbocycles. The third-order valence-electron chi connectivity index (χ3n) is 3.73. The van der Waals surface area contributed by atoms with Crippen molar-refractivity contribution in [2.45, 2.75) is 24.5 Å². The number of rotatable bonds is 7. The summed E-state index contributed by atoms with van der Waals surface area (Å²) in [5.74, 6) is 1.62. The van der Waals surface area contributed by atoms with Gasteiger partial charge in [-0.2, -0.15) is 5.10 Å². The molecule has 0 fully saturated rings. The van der Waals surface area contributed by atoms with Gasteiger partial charge in [0.25, 0.3) is 0 Å². The van der Waals surface area contributed by atoms with Crippen molar-refractivity contribution in [2.24, 2.45) is 0 Å². The lowest BCUT2D eigenvalue weighted by Gasteiger charge is -2.12. The lowest BCUT2D eigenvalue weighted by molar-refractivity contribution is -0.120. The quantitative estimate of drug-likeness (QED) is 0.709. The highest BCUT2D eigenvalue weighted by Gasteiger charge is 2.13. The zero-order valence-electron chi connectivity index (χ0n) is 14.0. The number of amides is 1. The number of carbonyl (C=O) groups is 1. The number of carbonyl (C=O) groups excluding carboxylic acids is 1. The van der Waals surface area contributed by atoms with Gasteiger partial charge in [-0.1, -0.05) is 36.4 Å². The van der Waals surface area contributed by atoms with Gasteiger partial charge in [0.1, 0.15) is 0 Å². The van der Waals surface area contributed by atoms with E-state index in [0.717, 1.165) is 17.1 Å². The standard InChI is InChI=1S/C19H20N4OS/c1-15(25-14-16-6-3-2-4-7-16)19(24)21-13-17-8-9-18(20-12-17)23-11-5-10-22-23/h2-12,15H,13-14H2,1H3,(H,21,24). The second kappa shape index (κ2) is 8.48. The molecule has 1 N–H and O–H groups in total. The van der Waals surface area contributed by atoms with Crippen LogP contribution in [0.5, 0.6) is 0 Å². The summed E-state index contributed by atoms with van der Waals surface area (Å²) in [6.45, 7) is 2.41. The lowest BCUT2D eigenvalue weighted by atomic mass is 10.2. The van der Waals surface area contributed by atoms with Gasteiger partial charge in [0.05, 0.1) is 5.25 Å². The van der Waals surface area contributed by atoms with Crippen LogP contribution in [0, 0.1) is 0 Å². The Morgan fingerprint density at radius 2 is 2.00 bits per heavy atom. The fraction of sp³-hybridized carbons (Fsp3) is 0.211. The lowest BCUT2D eigenvalue weighted by Crippen LogP contribution is -2.30. The van der Waals surface area contributed by atoms with E-state index in [1.165, 1.54) is 5.56 Å². The van der Waals surface area contributed by atoms with Gasteiger partial charge in [-0.05, 0) is 30.2 Å². The Hall–Kier alpha value is -2.60. The van der Waals surface area contributed by atoms with Crippen LogP contribution in [0.2, 0.25) is 0 Å². The summed E-state index contributed by atoms with van der Waals surface area (Å²) in [4.78, 5) is 16.6. The van der Waals surface area contributed by atoms with E-state index in [1.54, 1.807) is 28.8 Å². The summed E-state index contributed by atoms with van der Waals surface area (Å²) in [6, 6.07) is 15.9. The van der Waals surface area contributed by atoms with Crippen molar-refractivity contribution in [3.63, 3.8) is 0 Å². The molecular formula is C19H20N4OS. The van der Waals surface area contributed by atoms with Gasteiger partial charge >= 0.3 is 0 Å². The maximum Gasteiger partial charge on any atom is 0.233 e. The van der Waals surface area contributed by atoms with Crippen LogP contribution in [0.1, 0.15) is 18.1 Å². The van der Waals surface area contributed by atoms with Gasteiger partial charge in [-0.25, -0.2) is 9.67 Å². The van der Waals surface area contributed by atoms with Gasteiger partial charge < -0.3 is 5.32 Å². The number of hydrogen-bond donors (Lipinski definition) is 1. The first-order chi connectivity index (χ1) is 12.2. The molecule has 0 aliphatic carbocycles. The fourth-order valence-corrected chi connectivity index (χ4v) is 3.13. The van der Waals surface area contributed by atoms with E-state index >= 15 is 0 Å². The highest BCUT2D eigenvalue weighted by molar-refractivity contribution is 7.99. The Morgan fingerprint density at radius 3 is 2.68 bits per heavy atom. The van der Waals surface area contributed by atoms with Crippen LogP contribution in [-0.4, -0.2) is 25.9 Å². The van der Waals surface area contributed by atoms with Crippen molar-refractivity contribution in [3.8, 4) is 5.82 Å². The fourth-order valence-electron chi connectivity index (χ4n) is 2.27. The predicted molar refractivity (Wildman–Crippen MR) is 100 cm³/mol. The molecule has 0 saturated heterocycles. The maximum absolute atomic E-state index is 12.2. The first-order valence-corrected chi connectivity index (χ1v) is 9.15. The molecule has 6 heteroatoms. The molecule has 1 atom stereocenters. The van der Waals surface area contributed by atoms with E-state index < -0.39 is 0 Å².